The Kier molecular flexibility index (Phi) is 2.85. The van der Waals surface area contributed by atoms with Gasteiger partial charge in [-0.05, 0) is 19.4 Å². The molecule has 1 aliphatic heterocycles. The van der Waals surface area contributed by atoms with Gasteiger partial charge in [-0.15, -0.1) is 11.6 Å². The van der Waals surface area contributed by atoms with Crippen LogP contribution in [0.2, 0.25) is 0 Å². The van der Waals surface area contributed by atoms with Crippen molar-refractivity contribution in [1.29, 1.82) is 0 Å². The second kappa shape index (κ2) is 4.35. The number of ether oxygens (including phenoxy) is 1. The molecule has 2 unspecified atom stereocenters. The molecule has 1 saturated heterocycles. The van der Waals surface area contributed by atoms with E-state index >= 15 is 0 Å². The lowest BCUT2D eigenvalue weighted by Crippen LogP contribution is -2.09. The lowest BCUT2D eigenvalue weighted by atomic mass is 9.95. The summed E-state index contributed by atoms with van der Waals surface area (Å²) in [5.74, 6) is 1.99. The Labute approximate surface area is 106 Å². The fourth-order valence-electron chi connectivity index (χ4n) is 2.65. The molecule has 1 aromatic carbocycles. The molecule has 0 saturated carbocycles. The topological polar surface area (TPSA) is 22.4 Å². The minimum Gasteiger partial charge on any atom is -0.461 e. The number of benzene rings is 1. The molecule has 0 bridgehead atoms. The second-order valence-corrected chi connectivity index (χ2v) is 4.87. The van der Waals surface area contributed by atoms with Crippen molar-refractivity contribution in [2.24, 2.45) is 5.92 Å². The van der Waals surface area contributed by atoms with Crippen LogP contribution in [0.15, 0.2) is 28.7 Å². The highest BCUT2D eigenvalue weighted by molar-refractivity contribution is 6.18. The monoisotopic (exact) mass is 250 g/mol. The predicted molar refractivity (Wildman–Crippen MR) is 68.5 cm³/mol. The lowest BCUT2D eigenvalue weighted by molar-refractivity contribution is 0.0949. The van der Waals surface area contributed by atoms with E-state index in [1.807, 2.05) is 25.1 Å². The molecule has 2 nitrogen and oxygen atoms in total. The molecule has 2 atom stereocenters. The van der Waals surface area contributed by atoms with E-state index in [0.717, 1.165) is 29.8 Å². The molecule has 2 heterocycles. The summed E-state index contributed by atoms with van der Waals surface area (Å²) in [4.78, 5) is 0. The Bertz CT molecular complexity index is 532. The van der Waals surface area contributed by atoms with Gasteiger partial charge in [0.05, 0.1) is 6.10 Å². The van der Waals surface area contributed by atoms with Gasteiger partial charge in [0.1, 0.15) is 11.3 Å². The van der Waals surface area contributed by atoms with Gasteiger partial charge in [0.25, 0.3) is 0 Å². The Morgan fingerprint density at radius 2 is 2.18 bits per heavy atom. The summed E-state index contributed by atoms with van der Waals surface area (Å²) in [5.41, 5.74) is 2.12. The van der Waals surface area contributed by atoms with Crippen LogP contribution >= 0.6 is 11.6 Å². The van der Waals surface area contributed by atoms with Gasteiger partial charge in [-0.1, -0.05) is 18.2 Å². The number of furan rings is 1. The number of hydrogen-bond donors (Lipinski definition) is 0. The van der Waals surface area contributed by atoms with E-state index in [2.05, 4.69) is 6.07 Å². The predicted octanol–water partition coefficient (Wildman–Crippen LogP) is 4.06. The first kappa shape index (κ1) is 11.1. The first-order valence-electron chi connectivity index (χ1n) is 5.97. The molecule has 0 N–H and O–H groups in total. The first-order chi connectivity index (χ1) is 8.31. The molecule has 3 heteroatoms. The molecule has 3 rings (SSSR count). The molecule has 1 aliphatic rings. The van der Waals surface area contributed by atoms with E-state index in [4.69, 9.17) is 20.8 Å². The SMILES string of the molecule is Cc1oc2ccccc2c1C1OCCC1CCl. The van der Waals surface area contributed by atoms with Crippen molar-refractivity contribution in [2.75, 3.05) is 12.5 Å². The van der Waals surface area contributed by atoms with Crippen LogP contribution in [0.1, 0.15) is 23.8 Å². The van der Waals surface area contributed by atoms with Gasteiger partial charge in [0.2, 0.25) is 0 Å². The van der Waals surface area contributed by atoms with E-state index in [1.54, 1.807) is 0 Å². The largest absolute Gasteiger partial charge is 0.461 e. The summed E-state index contributed by atoms with van der Waals surface area (Å²) in [7, 11) is 0. The standard InChI is InChI=1S/C14H15ClO2/c1-9-13(14-10(8-15)6-7-16-14)11-4-2-3-5-12(11)17-9/h2-5,10,14H,6-8H2,1H3. The molecule has 1 fully saturated rings. The van der Waals surface area contributed by atoms with E-state index in [1.165, 1.54) is 5.56 Å². The van der Waals surface area contributed by atoms with Gasteiger partial charge in [-0.3, -0.25) is 0 Å². The highest BCUT2D eigenvalue weighted by atomic mass is 35.5. The first-order valence-corrected chi connectivity index (χ1v) is 6.50. The van der Waals surface area contributed by atoms with Crippen molar-refractivity contribution in [1.82, 2.24) is 0 Å². The zero-order valence-electron chi connectivity index (χ0n) is 9.78. The number of fused-ring (bicyclic) bond motifs is 1. The maximum Gasteiger partial charge on any atom is 0.134 e. The minimum atomic E-state index is 0.0937. The van der Waals surface area contributed by atoms with Crippen LogP contribution in [-0.4, -0.2) is 12.5 Å². The van der Waals surface area contributed by atoms with Gasteiger partial charge in [-0.25, -0.2) is 0 Å². The van der Waals surface area contributed by atoms with Gasteiger partial charge < -0.3 is 9.15 Å². The molecule has 0 amide bonds. The maximum absolute atomic E-state index is 6.01. The van der Waals surface area contributed by atoms with Crippen LogP contribution in [0.3, 0.4) is 0 Å². The smallest absolute Gasteiger partial charge is 0.134 e. The number of halogens is 1. The summed E-state index contributed by atoms with van der Waals surface area (Å²) < 4.78 is 11.6. The highest BCUT2D eigenvalue weighted by Gasteiger charge is 2.32. The van der Waals surface area contributed by atoms with E-state index < -0.39 is 0 Å². The number of alkyl halides is 1. The van der Waals surface area contributed by atoms with Crippen LogP contribution < -0.4 is 0 Å². The number of aryl methyl sites for hydroxylation is 1. The summed E-state index contributed by atoms with van der Waals surface area (Å²) in [5, 5.41) is 1.16. The van der Waals surface area contributed by atoms with Gasteiger partial charge in [0, 0.05) is 29.4 Å². The fourth-order valence-corrected chi connectivity index (χ4v) is 2.97. The summed E-state index contributed by atoms with van der Waals surface area (Å²) in [6.07, 6.45) is 1.13. The second-order valence-electron chi connectivity index (χ2n) is 4.56. The molecular formula is C14H15ClO2. The third-order valence-corrected chi connectivity index (χ3v) is 3.91. The quantitative estimate of drug-likeness (QED) is 0.750. The molecule has 0 radical (unpaired) electrons. The fraction of sp³-hybridized carbons (Fsp3) is 0.429. The van der Waals surface area contributed by atoms with Crippen molar-refractivity contribution >= 4 is 22.6 Å². The Hall–Kier alpha value is -0.990. The minimum absolute atomic E-state index is 0.0937. The molecule has 2 aromatic rings. The van der Waals surface area contributed by atoms with Gasteiger partial charge in [0.15, 0.2) is 0 Å². The zero-order chi connectivity index (χ0) is 11.8. The molecule has 17 heavy (non-hydrogen) atoms. The molecule has 0 spiro atoms. The van der Waals surface area contributed by atoms with E-state index in [-0.39, 0.29) is 6.10 Å². The van der Waals surface area contributed by atoms with E-state index in [9.17, 15) is 0 Å². The molecule has 1 aromatic heterocycles. The molecular weight excluding hydrogens is 236 g/mol. The summed E-state index contributed by atoms with van der Waals surface area (Å²) in [6, 6.07) is 8.11. The van der Waals surface area contributed by atoms with Crippen LogP contribution in [0, 0.1) is 12.8 Å². The Morgan fingerprint density at radius 1 is 1.35 bits per heavy atom. The third-order valence-electron chi connectivity index (χ3n) is 3.52. The number of hydrogen-bond acceptors (Lipinski definition) is 2. The van der Waals surface area contributed by atoms with Crippen molar-refractivity contribution in [2.45, 2.75) is 19.4 Å². The highest BCUT2D eigenvalue weighted by Crippen LogP contribution is 2.41. The normalized spacial score (nSPS) is 24.6. The van der Waals surface area contributed by atoms with Crippen LogP contribution in [0.4, 0.5) is 0 Å². The van der Waals surface area contributed by atoms with Crippen molar-refractivity contribution in [3.8, 4) is 0 Å². The van der Waals surface area contributed by atoms with Crippen molar-refractivity contribution in [3.63, 3.8) is 0 Å². The zero-order valence-corrected chi connectivity index (χ0v) is 10.5. The Morgan fingerprint density at radius 3 is 3.00 bits per heavy atom. The number of para-hydroxylation sites is 1. The molecule has 0 aliphatic carbocycles. The van der Waals surface area contributed by atoms with Gasteiger partial charge in [-0.2, -0.15) is 0 Å². The van der Waals surface area contributed by atoms with Crippen LogP contribution in [-0.2, 0) is 4.74 Å². The van der Waals surface area contributed by atoms with Gasteiger partial charge >= 0.3 is 0 Å². The van der Waals surface area contributed by atoms with E-state index in [0.29, 0.717) is 11.8 Å². The van der Waals surface area contributed by atoms with Crippen molar-refractivity contribution < 1.29 is 9.15 Å². The van der Waals surface area contributed by atoms with Crippen LogP contribution in [0.5, 0.6) is 0 Å². The maximum atomic E-state index is 6.01. The number of rotatable bonds is 2. The summed E-state index contributed by atoms with van der Waals surface area (Å²) >= 11 is 6.01. The third kappa shape index (κ3) is 1.76. The lowest BCUT2D eigenvalue weighted by Gasteiger charge is -2.16. The van der Waals surface area contributed by atoms with Crippen molar-refractivity contribution in [3.05, 3.63) is 35.6 Å². The molecule has 90 valence electrons. The average molecular weight is 251 g/mol. The average Bonchev–Trinajstić information content (AvgIpc) is 2.90. The Balaban J connectivity index is 2.13. The summed E-state index contributed by atoms with van der Waals surface area (Å²) in [6.45, 7) is 2.79. The van der Waals surface area contributed by atoms with Crippen LogP contribution in [0.25, 0.3) is 11.0 Å².